The normalized spacial score (nSPS) is 15.5. The molecule has 2 aromatic heterocycles. The largest absolute Gasteiger partial charge is 0.433 e. The summed E-state index contributed by atoms with van der Waals surface area (Å²) in [5.41, 5.74) is 0.294. The Kier molecular flexibility index (Phi) is 5.99. The number of aliphatic hydroxyl groups is 1. The molecule has 0 saturated carbocycles. The zero-order chi connectivity index (χ0) is 19.4. The third-order valence-corrected chi connectivity index (χ3v) is 5.05. The van der Waals surface area contributed by atoms with Gasteiger partial charge in [0.1, 0.15) is 12.3 Å². The molecule has 0 aromatic carbocycles. The Morgan fingerprint density at radius 1 is 1.19 bits per heavy atom. The zero-order valence-corrected chi connectivity index (χ0v) is 15.6. The summed E-state index contributed by atoms with van der Waals surface area (Å²) in [4.78, 5) is 13.1. The summed E-state index contributed by atoms with van der Waals surface area (Å²) >= 11 is 1.61. The van der Waals surface area contributed by atoms with E-state index in [0.29, 0.717) is 31.9 Å². The van der Waals surface area contributed by atoms with E-state index < -0.39 is 11.9 Å². The van der Waals surface area contributed by atoms with E-state index in [1.165, 1.54) is 0 Å². The van der Waals surface area contributed by atoms with Gasteiger partial charge in [0.2, 0.25) is 5.95 Å². The first kappa shape index (κ1) is 19.6. The van der Waals surface area contributed by atoms with Crippen LogP contribution in [-0.4, -0.2) is 52.8 Å². The molecule has 0 amide bonds. The van der Waals surface area contributed by atoms with Crippen LogP contribution in [0.5, 0.6) is 0 Å². The molecular formula is C18H19F3N4OS. The summed E-state index contributed by atoms with van der Waals surface area (Å²) in [6.07, 6.45) is -4.47. The molecule has 0 radical (unpaired) electrons. The number of thiophene rings is 1. The standard InChI is InChI=1S/C18H19F3N4OS/c1-13-9-16(18(19,20)21)23-17(22-13)25-6-4-24(5-7-25)11-15-10-14(12-27-15)3-2-8-26/h9-10,12,26H,4-8,11H2,1H3. The topological polar surface area (TPSA) is 52.5 Å². The Hall–Kier alpha value is -2.15. The molecular weight excluding hydrogens is 377 g/mol. The quantitative estimate of drug-likeness (QED) is 0.809. The monoisotopic (exact) mass is 396 g/mol. The fourth-order valence-electron chi connectivity index (χ4n) is 2.84. The molecule has 144 valence electrons. The van der Waals surface area contributed by atoms with Crippen LogP contribution in [-0.2, 0) is 12.7 Å². The van der Waals surface area contributed by atoms with E-state index in [0.717, 1.165) is 23.1 Å². The second-order valence-electron chi connectivity index (χ2n) is 6.22. The second kappa shape index (κ2) is 8.25. The van der Waals surface area contributed by atoms with E-state index >= 15 is 0 Å². The first-order valence-electron chi connectivity index (χ1n) is 8.42. The molecule has 0 spiro atoms. The van der Waals surface area contributed by atoms with Crippen molar-refractivity contribution >= 4 is 17.3 Å². The number of hydrogen-bond acceptors (Lipinski definition) is 6. The number of aromatic nitrogens is 2. The molecule has 0 atom stereocenters. The molecule has 2 aromatic rings. The average molecular weight is 396 g/mol. The van der Waals surface area contributed by atoms with Crippen LogP contribution < -0.4 is 4.90 Å². The maximum absolute atomic E-state index is 13.0. The molecule has 27 heavy (non-hydrogen) atoms. The van der Waals surface area contributed by atoms with Crippen LogP contribution in [0.3, 0.4) is 0 Å². The van der Waals surface area contributed by atoms with Crippen LogP contribution >= 0.6 is 11.3 Å². The summed E-state index contributed by atoms with van der Waals surface area (Å²) in [6, 6.07) is 2.97. The molecule has 1 saturated heterocycles. The van der Waals surface area contributed by atoms with Crippen molar-refractivity contribution in [3.8, 4) is 11.8 Å². The van der Waals surface area contributed by atoms with Crippen LogP contribution in [0.15, 0.2) is 17.5 Å². The third kappa shape index (κ3) is 5.19. The van der Waals surface area contributed by atoms with Crippen LogP contribution in [0.2, 0.25) is 0 Å². The minimum absolute atomic E-state index is 0.139. The lowest BCUT2D eigenvalue weighted by atomic mass is 10.2. The summed E-state index contributed by atoms with van der Waals surface area (Å²) in [6.45, 7) is 4.73. The van der Waals surface area contributed by atoms with Crippen molar-refractivity contribution in [2.75, 3.05) is 37.7 Å². The molecule has 1 N–H and O–H groups in total. The SMILES string of the molecule is Cc1cc(C(F)(F)F)nc(N2CCN(Cc3cc(C#CCO)cs3)CC2)n1. The fraction of sp³-hybridized carbons (Fsp3) is 0.444. The minimum atomic E-state index is -4.47. The highest BCUT2D eigenvalue weighted by atomic mass is 32.1. The highest BCUT2D eigenvalue weighted by molar-refractivity contribution is 7.10. The van der Waals surface area contributed by atoms with Gasteiger partial charge in [-0.15, -0.1) is 11.3 Å². The van der Waals surface area contributed by atoms with E-state index in [1.54, 1.807) is 23.2 Å². The molecule has 3 rings (SSSR count). The van der Waals surface area contributed by atoms with Crippen LogP contribution in [0.25, 0.3) is 0 Å². The minimum Gasteiger partial charge on any atom is -0.384 e. The van der Waals surface area contributed by atoms with E-state index in [9.17, 15) is 13.2 Å². The van der Waals surface area contributed by atoms with Crippen LogP contribution in [0.1, 0.15) is 21.8 Å². The van der Waals surface area contributed by atoms with Crippen molar-refractivity contribution in [2.45, 2.75) is 19.6 Å². The number of aliphatic hydroxyl groups excluding tert-OH is 1. The van der Waals surface area contributed by atoms with Gasteiger partial charge in [-0.1, -0.05) is 11.8 Å². The van der Waals surface area contributed by atoms with Crippen molar-refractivity contribution in [1.82, 2.24) is 14.9 Å². The number of nitrogens with zero attached hydrogens (tertiary/aromatic N) is 4. The van der Waals surface area contributed by atoms with E-state index in [1.807, 2.05) is 11.4 Å². The number of hydrogen-bond donors (Lipinski definition) is 1. The van der Waals surface area contributed by atoms with Gasteiger partial charge in [0, 0.05) is 54.2 Å². The van der Waals surface area contributed by atoms with Gasteiger partial charge in [0.05, 0.1) is 0 Å². The Morgan fingerprint density at radius 2 is 1.93 bits per heavy atom. The summed E-state index contributed by atoms with van der Waals surface area (Å²) in [5.74, 6) is 5.64. The van der Waals surface area contributed by atoms with Gasteiger partial charge in [-0.25, -0.2) is 9.97 Å². The molecule has 0 unspecified atom stereocenters. The lowest BCUT2D eigenvalue weighted by Crippen LogP contribution is -2.46. The molecule has 1 aliphatic rings. The Balaban J connectivity index is 1.61. The Morgan fingerprint density at radius 3 is 2.59 bits per heavy atom. The molecule has 9 heteroatoms. The van der Waals surface area contributed by atoms with Crippen molar-refractivity contribution in [1.29, 1.82) is 0 Å². The van der Waals surface area contributed by atoms with Gasteiger partial charge < -0.3 is 10.0 Å². The van der Waals surface area contributed by atoms with Gasteiger partial charge in [-0.05, 0) is 19.1 Å². The Labute approximate surface area is 159 Å². The maximum Gasteiger partial charge on any atom is 0.433 e. The highest BCUT2D eigenvalue weighted by Gasteiger charge is 2.34. The number of piperazine rings is 1. The summed E-state index contributed by atoms with van der Waals surface area (Å²) in [7, 11) is 0. The first-order chi connectivity index (χ1) is 12.8. The second-order valence-corrected chi connectivity index (χ2v) is 7.21. The molecule has 0 aliphatic carbocycles. The van der Waals surface area contributed by atoms with Crippen LogP contribution in [0, 0.1) is 18.8 Å². The van der Waals surface area contributed by atoms with E-state index in [2.05, 4.69) is 26.7 Å². The van der Waals surface area contributed by atoms with Gasteiger partial charge in [0.25, 0.3) is 0 Å². The van der Waals surface area contributed by atoms with Gasteiger partial charge in [-0.2, -0.15) is 13.2 Å². The first-order valence-corrected chi connectivity index (χ1v) is 9.30. The van der Waals surface area contributed by atoms with Crippen molar-refractivity contribution in [3.63, 3.8) is 0 Å². The fourth-order valence-corrected chi connectivity index (χ4v) is 3.69. The predicted octanol–water partition coefficient (Wildman–Crippen LogP) is 2.53. The van der Waals surface area contributed by atoms with Gasteiger partial charge in [0.15, 0.2) is 0 Å². The molecule has 0 bridgehead atoms. The zero-order valence-electron chi connectivity index (χ0n) is 14.8. The molecule has 1 fully saturated rings. The number of halogens is 3. The predicted molar refractivity (Wildman–Crippen MR) is 97.5 cm³/mol. The number of aryl methyl sites for hydroxylation is 1. The van der Waals surface area contributed by atoms with Gasteiger partial charge in [-0.3, -0.25) is 4.90 Å². The third-order valence-electron chi connectivity index (χ3n) is 4.13. The van der Waals surface area contributed by atoms with Crippen molar-refractivity contribution < 1.29 is 18.3 Å². The number of rotatable bonds is 3. The Bertz CT molecular complexity index is 848. The molecule has 3 heterocycles. The summed E-state index contributed by atoms with van der Waals surface area (Å²) in [5, 5.41) is 10.7. The number of alkyl halides is 3. The summed E-state index contributed by atoms with van der Waals surface area (Å²) < 4.78 is 38.9. The van der Waals surface area contributed by atoms with Crippen molar-refractivity contribution in [2.24, 2.45) is 0 Å². The lowest BCUT2D eigenvalue weighted by Gasteiger charge is -2.34. The average Bonchev–Trinajstić information content (AvgIpc) is 3.06. The van der Waals surface area contributed by atoms with Crippen LogP contribution in [0.4, 0.5) is 19.1 Å². The van der Waals surface area contributed by atoms with E-state index in [-0.39, 0.29) is 12.6 Å². The highest BCUT2D eigenvalue weighted by Crippen LogP contribution is 2.29. The lowest BCUT2D eigenvalue weighted by molar-refractivity contribution is -0.141. The smallest absolute Gasteiger partial charge is 0.384 e. The maximum atomic E-state index is 13.0. The van der Waals surface area contributed by atoms with Crippen molar-refractivity contribution in [3.05, 3.63) is 39.3 Å². The van der Waals surface area contributed by atoms with Gasteiger partial charge >= 0.3 is 6.18 Å². The molecule has 1 aliphatic heterocycles. The number of anilines is 1. The molecule has 5 nitrogen and oxygen atoms in total. The van der Waals surface area contributed by atoms with E-state index in [4.69, 9.17) is 5.11 Å².